The van der Waals surface area contributed by atoms with Crippen LogP contribution in [0.3, 0.4) is 0 Å². The molecule has 0 atom stereocenters. The molecule has 3 aromatic rings. The van der Waals surface area contributed by atoms with Crippen molar-refractivity contribution in [2.24, 2.45) is 0 Å². The topological polar surface area (TPSA) is 82.7 Å². The van der Waals surface area contributed by atoms with Gasteiger partial charge in [-0.2, -0.15) is 0 Å². The second kappa shape index (κ2) is 8.60. The fourth-order valence-corrected chi connectivity index (χ4v) is 2.95. The van der Waals surface area contributed by atoms with Gasteiger partial charge in [0.1, 0.15) is 0 Å². The average Bonchev–Trinajstić information content (AvgIpc) is 2.71. The monoisotopic (exact) mass is 393 g/mol. The Balaban J connectivity index is 1.63. The van der Waals surface area contributed by atoms with Gasteiger partial charge in [0.15, 0.2) is 6.61 Å². The lowest BCUT2D eigenvalue weighted by molar-refractivity contribution is -0.133. The molecule has 7 heteroatoms. The maximum absolute atomic E-state index is 12.4. The van der Waals surface area contributed by atoms with Crippen molar-refractivity contribution in [2.75, 3.05) is 32.6 Å². The summed E-state index contributed by atoms with van der Waals surface area (Å²) >= 11 is 0. The second-order valence-electron chi connectivity index (χ2n) is 6.98. The van der Waals surface area contributed by atoms with Crippen LogP contribution >= 0.6 is 0 Å². The summed E-state index contributed by atoms with van der Waals surface area (Å²) in [7, 11) is 5.57. The van der Waals surface area contributed by atoms with E-state index in [2.05, 4.69) is 4.98 Å². The van der Waals surface area contributed by atoms with E-state index in [0.29, 0.717) is 17.4 Å². The van der Waals surface area contributed by atoms with Gasteiger partial charge in [0, 0.05) is 50.3 Å². The number of rotatable bonds is 6. The predicted molar refractivity (Wildman–Crippen MR) is 112 cm³/mol. The van der Waals surface area contributed by atoms with Crippen LogP contribution in [0.1, 0.15) is 15.9 Å². The fraction of sp³-hybridized carbons (Fsp3) is 0.227. The molecule has 0 radical (unpaired) electrons. The molecular weight excluding hydrogens is 370 g/mol. The number of carbonyl (C=O) groups is 2. The van der Waals surface area contributed by atoms with E-state index in [9.17, 15) is 14.4 Å². The van der Waals surface area contributed by atoms with Crippen LogP contribution in [0, 0.1) is 0 Å². The summed E-state index contributed by atoms with van der Waals surface area (Å²) in [5.41, 5.74) is 2.32. The molecule has 0 aliphatic carbocycles. The minimum absolute atomic E-state index is 0.138. The van der Waals surface area contributed by atoms with Crippen molar-refractivity contribution < 1.29 is 14.3 Å². The minimum atomic E-state index is -0.704. The molecule has 0 spiro atoms. The highest BCUT2D eigenvalue weighted by Gasteiger charge is 2.17. The predicted octanol–water partition coefficient (Wildman–Crippen LogP) is 2.41. The molecule has 0 aliphatic rings. The molecular formula is C22H23N3O4. The number of hydrogen-bond donors (Lipinski definition) is 1. The van der Waals surface area contributed by atoms with Crippen LogP contribution in [0.15, 0.2) is 59.4 Å². The number of ether oxygens (including phenoxy) is 1. The third kappa shape index (κ3) is 4.82. The zero-order valence-electron chi connectivity index (χ0n) is 16.6. The lowest BCUT2D eigenvalue weighted by Crippen LogP contribution is -2.31. The van der Waals surface area contributed by atoms with Crippen molar-refractivity contribution in [3.63, 3.8) is 0 Å². The summed E-state index contributed by atoms with van der Waals surface area (Å²) in [6.45, 7) is 0.00423. The van der Waals surface area contributed by atoms with E-state index in [1.165, 1.54) is 11.0 Å². The normalized spacial score (nSPS) is 10.6. The Morgan fingerprint density at radius 2 is 1.69 bits per heavy atom. The van der Waals surface area contributed by atoms with Crippen molar-refractivity contribution in [3.05, 3.63) is 76.1 Å². The number of aromatic amines is 1. The second-order valence-corrected chi connectivity index (χ2v) is 6.98. The number of aromatic nitrogens is 1. The molecule has 1 N–H and O–H groups in total. The molecule has 29 heavy (non-hydrogen) atoms. The van der Waals surface area contributed by atoms with E-state index < -0.39 is 18.1 Å². The molecule has 0 unspecified atom stereocenters. The summed E-state index contributed by atoms with van der Waals surface area (Å²) < 4.78 is 5.17. The van der Waals surface area contributed by atoms with Gasteiger partial charge in [-0.3, -0.25) is 9.59 Å². The highest BCUT2D eigenvalue weighted by Crippen LogP contribution is 2.16. The van der Waals surface area contributed by atoms with Gasteiger partial charge in [-0.15, -0.1) is 0 Å². The number of para-hydroxylation sites is 1. The number of H-pyrrole nitrogens is 1. The maximum atomic E-state index is 12.4. The number of pyridine rings is 1. The first-order valence-corrected chi connectivity index (χ1v) is 9.14. The molecule has 0 saturated carbocycles. The number of amides is 1. The summed E-state index contributed by atoms with van der Waals surface area (Å²) in [4.78, 5) is 42.7. The lowest BCUT2D eigenvalue weighted by Gasteiger charge is -2.18. The summed E-state index contributed by atoms with van der Waals surface area (Å²) in [6, 6.07) is 16.0. The zero-order chi connectivity index (χ0) is 21.0. The summed E-state index contributed by atoms with van der Waals surface area (Å²) in [6.07, 6.45) is 0. The van der Waals surface area contributed by atoms with E-state index >= 15 is 0 Å². The van der Waals surface area contributed by atoms with Gasteiger partial charge >= 0.3 is 5.97 Å². The van der Waals surface area contributed by atoms with Crippen LogP contribution in [0.25, 0.3) is 10.9 Å². The number of hydrogen-bond acceptors (Lipinski definition) is 5. The zero-order valence-corrected chi connectivity index (χ0v) is 16.6. The van der Waals surface area contributed by atoms with Gasteiger partial charge in [0.25, 0.3) is 5.91 Å². The van der Waals surface area contributed by atoms with Crippen molar-refractivity contribution in [3.8, 4) is 0 Å². The van der Waals surface area contributed by atoms with Gasteiger partial charge in [-0.25, -0.2) is 4.79 Å². The molecule has 0 aliphatic heterocycles. The van der Waals surface area contributed by atoms with Crippen LogP contribution in [-0.2, 0) is 16.1 Å². The lowest BCUT2D eigenvalue weighted by atomic mass is 10.1. The third-order valence-corrected chi connectivity index (χ3v) is 4.60. The van der Waals surface area contributed by atoms with Crippen molar-refractivity contribution in [1.82, 2.24) is 9.88 Å². The van der Waals surface area contributed by atoms with E-state index in [-0.39, 0.29) is 11.5 Å². The molecule has 3 rings (SSSR count). The number of anilines is 1. The molecule has 0 fully saturated rings. The third-order valence-electron chi connectivity index (χ3n) is 4.60. The Hall–Kier alpha value is -3.61. The van der Waals surface area contributed by atoms with Crippen LogP contribution < -0.4 is 10.5 Å². The van der Waals surface area contributed by atoms with E-state index in [0.717, 1.165) is 11.3 Å². The smallest absolute Gasteiger partial charge is 0.339 e. The Kier molecular flexibility index (Phi) is 5.97. The molecule has 7 nitrogen and oxygen atoms in total. The van der Waals surface area contributed by atoms with Gasteiger partial charge in [-0.05, 0) is 23.8 Å². The first-order chi connectivity index (χ1) is 13.8. The highest BCUT2D eigenvalue weighted by atomic mass is 16.5. The average molecular weight is 393 g/mol. The van der Waals surface area contributed by atoms with Gasteiger partial charge in [0.05, 0.1) is 5.56 Å². The van der Waals surface area contributed by atoms with E-state index in [1.54, 1.807) is 31.3 Å². The van der Waals surface area contributed by atoms with Gasteiger partial charge in [-0.1, -0.05) is 30.3 Å². The van der Waals surface area contributed by atoms with Crippen LogP contribution in [0.5, 0.6) is 0 Å². The Bertz CT molecular complexity index is 1090. The van der Waals surface area contributed by atoms with Crippen molar-refractivity contribution in [2.45, 2.75) is 6.54 Å². The Labute approximate surface area is 168 Å². The molecule has 150 valence electrons. The summed E-state index contributed by atoms with van der Waals surface area (Å²) in [5, 5.41) is 0.568. The number of fused-ring (bicyclic) bond motifs is 1. The fourth-order valence-electron chi connectivity index (χ4n) is 2.95. The number of nitrogens with one attached hydrogen (secondary N) is 1. The maximum Gasteiger partial charge on any atom is 0.339 e. The number of carbonyl (C=O) groups excluding carboxylic acids is 2. The minimum Gasteiger partial charge on any atom is -0.452 e. The van der Waals surface area contributed by atoms with Crippen LogP contribution in [0.4, 0.5) is 5.69 Å². The van der Waals surface area contributed by atoms with E-state index in [4.69, 9.17) is 4.74 Å². The van der Waals surface area contributed by atoms with E-state index in [1.807, 2.05) is 43.3 Å². The molecule has 1 aromatic heterocycles. The summed E-state index contributed by atoms with van der Waals surface area (Å²) in [5.74, 6) is -1.03. The number of benzene rings is 2. The van der Waals surface area contributed by atoms with Gasteiger partial charge < -0.3 is 19.5 Å². The molecule has 0 saturated heterocycles. The largest absolute Gasteiger partial charge is 0.452 e. The molecule has 1 heterocycles. The van der Waals surface area contributed by atoms with Crippen molar-refractivity contribution in [1.29, 1.82) is 0 Å². The van der Waals surface area contributed by atoms with Crippen LogP contribution in [0.2, 0.25) is 0 Å². The van der Waals surface area contributed by atoms with Crippen molar-refractivity contribution >= 4 is 28.5 Å². The standard InChI is InChI=1S/C22H23N3O4/c1-24(2)16-10-8-15(9-11-16)13-25(3)21(27)14-29-22(28)18-12-20(26)23-19-7-5-4-6-17(18)19/h4-12H,13-14H2,1-3H3,(H,23,26). The quantitative estimate of drug-likeness (QED) is 0.651. The van der Waals surface area contributed by atoms with Gasteiger partial charge in [0.2, 0.25) is 5.56 Å². The van der Waals surface area contributed by atoms with Crippen LogP contribution in [-0.4, -0.2) is 49.5 Å². The highest BCUT2D eigenvalue weighted by molar-refractivity contribution is 6.03. The Morgan fingerprint density at radius 3 is 2.38 bits per heavy atom. The Morgan fingerprint density at radius 1 is 1.00 bits per heavy atom. The number of nitrogens with zero attached hydrogens (tertiary/aromatic N) is 2. The number of likely N-dealkylation sites (N-methyl/N-ethyl adjacent to an activating group) is 1. The first kappa shape index (κ1) is 20.1. The SMILES string of the molecule is CN(Cc1ccc(N(C)C)cc1)C(=O)COC(=O)c1cc(=O)[nH]c2ccccc12. The molecule has 1 amide bonds. The first-order valence-electron chi connectivity index (χ1n) is 9.14. The molecule has 2 aromatic carbocycles. The number of esters is 1. The molecule has 0 bridgehead atoms.